The Labute approximate surface area is 122 Å². The molecule has 0 aliphatic rings. The van der Waals surface area contributed by atoms with Crippen molar-refractivity contribution in [2.75, 3.05) is 20.6 Å². The van der Waals surface area contributed by atoms with Crippen molar-refractivity contribution in [3.63, 3.8) is 0 Å². The molecule has 0 aliphatic heterocycles. The summed E-state index contributed by atoms with van der Waals surface area (Å²) >= 11 is 0. The van der Waals surface area contributed by atoms with Gasteiger partial charge in [0.25, 0.3) is 0 Å². The zero-order valence-electron chi connectivity index (χ0n) is 13.1. The molecule has 20 heavy (non-hydrogen) atoms. The fourth-order valence-corrected chi connectivity index (χ4v) is 1.84. The van der Waals surface area contributed by atoms with Crippen LogP contribution in [0.25, 0.3) is 0 Å². The summed E-state index contributed by atoms with van der Waals surface area (Å²) in [4.78, 5) is 14.0. The zero-order chi connectivity index (χ0) is 15.2. The highest BCUT2D eigenvalue weighted by Gasteiger charge is 2.20. The normalized spacial score (nSPS) is 13.1. The first-order chi connectivity index (χ1) is 9.28. The van der Waals surface area contributed by atoms with E-state index in [1.165, 1.54) is 0 Å². The van der Waals surface area contributed by atoms with Gasteiger partial charge in [-0.25, -0.2) is 4.79 Å². The maximum absolute atomic E-state index is 11.9. The largest absolute Gasteiger partial charge is 0.444 e. The Bertz CT molecular complexity index is 410. The van der Waals surface area contributed by atoms with E-state index in [9.17, 15) is 4.79 Å². The van der Waals surface area contributed by atoms with Gasteiger partial charge in [0, 0.05) is 0 Å². The number of hydrogen-bond donors (Lipinski definition) is 1. The number of amides is 1. The Kier molecular flexibility index (Phi) is 6.02. The van der Waals surface area contributed by atoms with Crippen LogP contribution < -0.4 is 5.32 Å². The van der Waals surface area contributed by atoms with Crippen LogP contribution in [0.1, 0.15) is 38.8 Å². The molecule has 4 heteroatoms. The molecule has 0 spiro atoms. The number of carbonyl (C=O) groups excluding carboxylic acids is 1. The lowest BCUT2D eigenvalue weighted by molar-refractivity contribution is 0.0499. The average molecular weight is 278 g/mol. The van der Waals surface area contributed by atoms with Gasteiger partial charge in [-0.1, -0.05) is 30.3 Å². The number of nitrogens with zero attached hydrogens (tertiary/aromatic N) is 1. The van der Waals surface area contributed by atoms with E-state index in [4.69, 9.17) is 4.74 Å². The molecule has 1 N–H and O–H groups in total. The highest BCUT2D eigenvalue weighted by molar-refractivity contribution is 5.68. The van der Waals surface area contributed by atoms with Gasteiger partial charge in [-0.3, -0.25) is 0 Å². The molecule has 0 heterocycles. The second-order valence-electron chi connectivity index (χ2n) is 6.20. The molecule has 1 aromatic rings. The zero-order valence-corrected chi connectivity index (χ0v) is 13.1. The van der Waals surface area contributed by atoms with Gasteiger partial charge in [0.15, 0.2) is 0 Å². The van der Waals surface area contributed by atoms with Crippen LogP contribution in [0, 0.1) is 0 Å². The van der Waals surface area contributed by atoms with Gasteiger partial charge >= 0.3 is 6.09 Å². The van der Waals surface area contributed by atoms with Crippen LogP contribution in [0.5, 0.6) is 0 Å². The van der Waals surface area contributed by atoms with E-state index in [0.29, 0.717) is 0 Å². The number of carbonyl (C=O) groups is 1. The molecule has 1 rings (SSSR count). The quantitative estimate of drug-likeness (QED) is 0.899. The van der Waals surface area contributed by atoms with Gasteiger partial charge < -0.3 is 15.0 Å². The van der Waals surface area contributed by atoms with Crippen molar-refractivity contribution in [3.05, 3.63) is 35.9 Å². The molecule has 1 unspecified atom stereocenters. The second kappa shape index (κ2) is 7.29. The van der Waals surface area contributed by atoms with Gasteiger partial charge in [0.1, 0.15) is 5.60 Å². The molecule has 0 aliphatic carbocycles. The second-order valence-corrected chi connectivity index (χ2v) is 6.20. The third-order valence-corrected chi connectivity index (χ3v) is 2.76. The summed E-state index contributed by atoms with van der Waals surface area (Å²) < 4.78 is 5.33. The number of nitrogens with one attached hydrogen (secondary N) is 1. The third-order valence-electron chi connectivity index (χ3n) is 2.76. The van der Waals surface area contributed by atoms with Crippen molar-refractivity contribution < 1.29 is 9.53 Å². The van der Waals surface area contributed by atoms with E-state index in [2.05, 4.69) is 10.2 Å². The first kappa shape index (κ1) is 16.5. The molecule has 0 radical (unpaired) electrons. The van der Waals surface area contributed by atoms with E-state index >= 15 is 0 Å². The van der Waals surface area contributed by atoms with Crippen LogP contribution in [-0.2, 0) is 4.74 Å². The first-order valence-electron chi connectivity index (χ1n) is 6.97. The molecule has 1 aromatic carbocycles. The monoisotopic (exact) mass is 278 g/mol. The molecule has 1 amide bonds. The number of benzene rings is 1. The summed E-state index contributed by atoms with van der Waals surface area (Å²) in [6, 6.07) is 9.95. The highest BCUT2D eigenvalue weighted by Crippen LogP contribution is 2.18. The van der Waals surface area contributed by atoms with E-state index < -0.39 is 5.60 Å². The van der Waals surface area contributed by atoms with Crippen molar-refractivity contribution in [2.24, 2.45) is 0 Å². The summed E-state index contributed by atoms with van der Waals surface area (Å²) in [6.07, 6.45) is 0.473. The summed E-state index contributed by atoms with van der Waals surface area (Å²) in [6.45, 7) is 6.49. The van der Waals surface area contributed by atoms with Gasteiger partial charge in [0.05, 0.1) is 6.04 Å². The Morgan fingerprint density at radius 3 is 2.35 bits per heavy atom. The summed E-state index contributed by atoms with van der Waals surface area (Å²) in [5, 5.41) is 2.96. The van der Waals surface area contributed by atoms with Crippen molar-refractivity contribution in [1.82, 2.24) is 10.2 Å². The summed E-state index contributed by atoms with van der Waals surface area (Å²) in [5.74, 6) is 0. The number of alkyl carbamates (subject to hydrolysis) is 1. The number of hydrogen-bond acceptors (Lipinski definition) is 3. The first-order valence-corrected chi connectivity index (χ1v) is 6.97. The Morgan fingerprint density at radius 1 is 1.25 bits per heavy atom. The summed E-state index contributed by atoms with van der Waals surface area (Å²) in [7, 11) is 4.05. The molecule has 112 valence electrons. The van der Waals surface area contributed by atoms with Gasteiger partial charge in [-0.15, -0.1) is 0 Å². The Balaban J connectivity index is 2.71. The van der Waals surface area contributed by atoms with E-state index in [1.54, 1.807) is 0 Å². The molecule has 1 atom stereocenters. The number of ether oxygens (including phenoxy) is 1. The molecule has 0 saturated carbocycles. The maximum atomic E-state index is 11.9. The minimum absolute atomic E-state index is 0.0338. The fraction of sp³-hybridized carbons (Fsp3) is 0.562. The smallest absolute Gasteiger partial charge is 0.408 e. The average Bonchev–Trinajstić information content (AvgIpc) is 2.33. The SMILES string of the molecule is CN(C)CCC(NC(=O)OC(C)(C)C)c1ccccc1. The van der Waals surface area contributed by atoms with Crippen LogP contribution in [0.2, 0.25) is 0 Å². The van der Waals surface area contributed by atoms with Crippen LogP contribution >= 0.6 is 0 Å². The molecule has 0 bridgehead atoms. The fourth-order valence-electron chi connectivity index (χ4n) is 1.84. The van der Waals surface area contributed by atoms with Crippen LogP contribution in [0.3, 0.4) is 0 Å². The van der Waals surface area contributed by atoms with Crippen molar-refractivity contribution >= 4 is 6.09 Å². The molecule has 0 aromatic heterocycles. The lowest BCUT2D eigenvalue weighted by Gasteiger charge is -2.24. The van der Waals surface area contributed by atoms with Gasteiger partial charge in [-0.05, 0) is 53.4 Å². The van der Waals surface area contributed by atoms with E-state index in [0.717, 1.165) is 18.5 Å². The number of rotatable bonds is 5. The molecular weight excluding hydrogens is 252 g/mol. The van der Waals surface area contributed by atoms with E-state index in [1.807, 2.05) is 65.2 Å². The predicted molar refractivity (Wildman–Crippen MR) is 81.7 cm³/mol. The predicted octanol–water partition coefficient (Wildman–Crippen LogP) is 3.20. The van der Waals surface area contributed by atoms with Crippen molar-refractivity contribution in [2.45, 2.75) is 38.8 Å². The Hall–Kier alpha value is -1.55. The highest BCUT2D eigenvalue weighted by atomic mass is 16.6. The molecule has 4 nitrogen and oxygen atoms in total. The lowest BCUT2D eigenvalue weighted by Crippen LogP contribution is -2.36. The van der Waals surface area contributed by atoms with E-state index in [-0.39, 0.29) is 12.1 Å². The molecule has 0 saturated heterocycles. The molecular formula is C16H26N2O2. The van der Waals surface area contributed by atoms with Gasteiger partial charge in [0.2, 0.25) is 0 Å². The third kappa shape index (κ3) is 6.57. The van der Waals surface area contributed by atoms with Crippen molar-refractivity contribution in [1.29, 1.82) is 0 Å². The lowest BCUT2D eigenvalue weighted by atomic mass is 10.0. The minimum atomic E-state index is -0.479. The van der Waals surface area contributed by atoms with Crippen LogP contribution in [0.4, 0.5) is 4.79 Å². The van der Waals surface area contributed by atoms with Gasteiger partial charge in [-0.2, -0.15) is 0 Å². The maximum Gasteiger partial charge on any atom is 0.408 e. The van der Waals surface area contributed by atoms with Crippen LogP contribution in [0.15, 0.2) is 30.3 Å². The van der Waals surface area contributed by atoms with Crippen LogP contribution in [-0.4, -0.2) is 37.2 Å². The van der Waals surface area contributed by atoms with Crippen molar-refractivity contribution in [3.8, 4) is 0 Å². The molecule has 0 fully saturated rings. The Morgan fingerprint density at radius 2 is 1.85 bits per heavy atom. The standard InChI is InChI=1S/C16H26N2O2/c1-16(2,3)20-15(19)17-14(11-12-18(4)5)13-9-7-6-8-10-13/h6-10,14H,11-12H2,1-5H3,(H,17,19). The minimum Gasteiger partial charge on any atom is -0.444 e. The summed E-state index contributed by atoms with van der Waals surface area (Å²) in [5.41, 5.74) is 0.618. The topological polar surface area (TPSA) is 41.6 Å².